The van der Waals surface area contributed by atoms with Crippen LogP contribution in [0.5, 0.6) is 5.75 Å². The summed E-state index contributed by atoms with van der Waals surface area (Å²) in [6, 6.07) is 6.59. The van der Waals surface area contributed by atoms with Gasteiger partial charge in [0.1, 0.15) is 11.8 Å². The lowest BCUT2D eigenvalue weighted by Crippen LogP contribution is -2.05. The second-order valence-electron chi connectivity index (χ2n) is 3.32. The van der Waals surface area contributed by atoms with Gasteiger partial charge in [-0.25, -0.2) is 4.57 Å². The van der Waals surface area contributed by atoms with E-state index in [2.05, 4.69) is 4.52 Å². The van der Waals surface area contributed by atoms with Gasteiger partial charge >= 0.3 is 7.60 Å². The summed E-state index contributed by atoms with van der Waals surface area (Å²) in [6.07, 6.45) is 1.04. The Balaban J connectivity index is 2.62. The van der Waals surface area contributed by atoms with Crippen molar-refractivity contribution in [1.82, 2.24) is 0 Å². The summed E-state index contributed by atoms with van der Waals surface area (Å²) in [5.74, 6) is -0.257. The quantitative estimate of drug-likeness (QED) is 0.812. The van der Waals surface area contributed by atoms with Gasteiger partial charge in [-0.05, 0) is 12.1 Å². The Kier molecular flexibility index (Phi) is 2.58. The Hall–Kier alpha value is -1.58. The van der Waals surface area contributed by atoms with Crippen LogP contribution in [0.3, 0.4) is 0 Å². The molecule has 0 saturated carbocycles. The molecule has 1 N–H and O–H groups in total. The second-order valence-corrected chi connectivity index (χ2v) is 5.11. The lowest BCUT2D eigenvalue weighted by atomic mass is 10.2. The summed E-state index contributed by atoms with van der Waals surface area (Å²) in [6.45, 7) is 1.00. The van der Waals surface area contributed by atoms with Crippen molar-refractivity contribution in [2.75, 3.05) is 6.66 Å². The van der Waals surface area contributed by atoms with Gasteiger partial charge < -0.3 is 13.8 Å². The molecule has 0 spiro atoms. The molecule has 5 nitrogen and oxygen atoms in total. The van der Waals surface area contributed by atoms with Crippen molar-refractivity contribution >= 4 is 18.6 Å². The van der Waals surface area contributed by atoms with E-state index >= 15 is 0 Å². The highest BCUT2D eigenvalue weighted by molar-refractivity contribution is 7.52. The zero-order valence-electron chi connectivity index (χ0n) is 8.41. The average Bonchev–Trinajstić information content (AvgIpc) is 2.21. The molecular formula is C10H9O5P. The van der Waals surface area contributed by atoms with Gasteiger partial charge in [-0.3, -0.25) is 4.79 Å². The van der Waals surface area contributed by atoms with Crippen LogP contribution < -0.4 is 9.95 Å². The highest BCUT2D eigenvalue weighted by atomic mass is 31.2. The Morgan fingerprint density at radius 2 is 2.06 bits per heavy atom. The van der Waals surface area contributed by atoms with Crippen LogP contribution in [0.15, 0.2) is 39.7 Å². The topological polar surface area (TPSA) is 76.7 Å². The molecule has 1 atom stereocenters. The van der Waals surface area contributed by atoms with Crippen LogP contribution in [0.1, 0.15) is 0 Å². The molecule has 0 aliphatic carbocycles. The zero-order valence-corrected chi connectivity index (χ0v) is 9.31. The van der Waals surface area contributed by atoms with E-state index in [0.29, 0.717) is 11.0 Å². The third kappa shape index (κ3) is 2.15. The molecule has 1 unspecified atom stereocenters. The fourth-order valence-electron chi connectivity index (χ4n) is 1.31. The van der Waals surface area contributed by atoms with E-state index < -0.39 is 13.0 Å². The molecule has 84 valence electrons. The lowest BCUT2D eigenvalue weighted by Gasteiger charge is -2.07. The maximum absolute atomic E-state index is 11.8. The first kappa shape index (κ1) is 10.9. The molecule has 1 aromatic heterocycles. The molecule has 1 heterocycles. The van der Waals surface area contributed by atoms with Gasteiger partial charge in [-0.1, -0.05) is 12.1 Å². The van der Waals surface area contributed by atoms with Gasteiger partial charge in [0.05, 0.1) is 5.39 Å². The molecule has 0 fully saturated rings. The third-order valence-electron chi connectivity index (χ3n) is 1.92. The molecule has 0 aliphatic rings. The van der Waals surface area contributed by atoms with Crippen molar-refractivity contribution in [3.05, 3.63) is 40.8 Å². The summed E-state index contributed by atoms with van der Waals surface area (Å²) < 4.78 is 20.8. The molecular weight excluding hydrogens is 231 g/mol. The molecule has 2 rings (SSSR count). The van der Waals surface area contributed by atoms with Gasteiger partial charge in [0.15, 0.2) is 0 Å². The van der Waals surface area contributed by atoms with E-state index in [1.54, 1.807) is 24.3 Å². The van der Waals surface area contributed by atoms with Crippen molar-refractivity contribution in [3.8, 4) is 5.75 Å². The van der Waals surface area contributed by atoms with E-state index in [1.165, 1.54) is 0 Å². The van der Waals surface area contributed by atoms with Gasteiger partial charge in [0.25, 0.3) is 0 Å². The maximum Gasteiger partial charge on any atom is 0.373 e. The van der Waals surface area contributed by atoms with Gasteiger partial charge in [0.2, 0.25) is 11.2 Å². The largest absolute Gasteiger partial charge is 0.460 e. The van der Waals surface area contributed by atoms with Gasteiger partial charge in [-0.2, -0.15) is 0 Å². The highest BCUT2D eigenvalue weighted by Crippen LogP contribution is 2.36. The summed E-state index contributed by atoms with van der Waals surface area (Å²) >= 11 is 0. The Morgan fingerprint density at radius 3 is 2.75 bits per heavy atom. The van der Waals surface area contributed by atoms with E-state index in [9.17, 15) is 9.36 Å². The zero-order chi connectivity index (χ0) is 11.8. The summed E-state index contributed by atoms with van der Waals surface area (Å²) in [5.41, 5.74) is -0.0540. The Morgan fingerprint density at radius 1 is 1.38 bits per heavy atom. The predicted molar refractivity (Wildman–Crippen MR) is 58.9 cm³/mol. The van der Waals surface area contributed by atoms with Crippen LogP contribution in [0, 0.1) is 0 Å². The highest BCUT2D eigenvalue weighted by Gasteiger charge is 2.16. The summed E-state index contributed by atoms with van der Waals surface area (Å²) in [4.78, 5) is 20.8. The molecule has 1 aromatic carbocycles. The molecule has 6 heteroatoms. The van der Waals surface area contributed by atoms with Crippen LogP contribution in [-0.4, -0.2) is 11.6 Å². The van der Waals surface area contributed by atoms with Crippen molar-refractivity contribution < 1.29 is 18.4 Å². The molecule has 0 amide bonds. The second kappa shape index (κ2) is 3.77. The fourth-order valence-corrected chi connectivity index (χ4v) is 1.80. The minimum atomic E-state index is -3.75. The first-order valence-corrected chi connectivity index (χ1v) is 6.50. The third-order valence-corrected chi connectivity index (χ3v) is 2.45. The van der Waals surface area contributed by atoms with E-state index in [-0.39, 0.29) is 5.75 Å². The maximum atomic E-state index is 11.8. The summed E-state index contributed by atoms with van der Waals surface area (Å²) in [5, 5.41) is 0.313. The molecule has 0 bridgehead atoms. The average molecular weight is 240 g/mol. The lowest BCUT2D eigenvalue weighted by molar-refractivity contribution is 0.380. The SMILES string of the molecule is CP(=O)(O)Oc1coc2ccccc2c1=O. The Bertz CT molecular complexity index is 624. The number of para-hydroxylation sites is 1. The molecule has 16 heavy (non-hydrogen) atoms. The minimum absolute atomic E-state index is 0.257. The fraction of sp³-hybridized carbons (Fsp3) is 0.100. The van der Waals surface area contributed by atoms with Gasteiger partial charge in [-0.15, -0.1) is 0 Å². The number of benzene rings is 1. The normalized spacial score (nSPS) is 14.6. The number of hydrogen-bond acceptors (Lipinski definition) is 4. The van der Waals surface area contributed by atoms with Crippen molar-refractivity contribution in [2.45, 2.75) is 0 Å². The molecule has 0 saturated heterocycles. The van der Waals surface area contributed by atoms with Crippen LogP contribution in [0.2, 0.25) is 0 Å². The van der Waals surface area contributed by atoms with Crippen molar-refractivity contribution in [3.63, 3.8) is 0 Å². The molecule has 0 aliphatic heterocycles. The summed E-state index contributed by atoms with van der Waals surface area (Å²) in [7, 11) is -3.75. The number of hydrogen-bond donors (Lipinski definition) is 1. The van der Waals surface area contributed by atoms with E-state index in [0.717, 1.165) is 12.9 Å². The minimum Gasteiger partial charge on any atom is -0.460 e. The predicted octanol–water partition coefficient (Wildman–Crippen LogP) is 1.99. The molecule has 0 radical (unpaired) electrons. The van der Waals surface area contributed by atoms with Crippen molar-refractivity contribution in [1.29, 1.82) is 0 Å². The number of fused-ring (bicyclic) bond motifs is 1. The first-order valence-electron chi connectivity index (χ1n) is 4.48. The standard InChI is InChI=1S/C10H9O5P/c1-16(12,13)15-9-6-14-8-5-3-2-4-7(8)10(9)11/h2-6H,1H3,(H,12,13). The monoisotopic (exact) mass is 240 g/mol. The van der Waals surface area contributed by atoms with Crippen LogP contribution in [0.4, 0.5) is 0 Å². The van der Waals surface area contributed by atoms with Crippen LogP contribution in [0.25, 0.3) is 11.0 Å². The van der Waals surface area contributed by atoms with Crippen LogP contribution in [-0.2, 0) is 4.57 Å². The van der Waals surface area contributed by atoms with Gasteiger partial charge in [0, 0.05) is 6.66 Å². The van der Waals surface area contributed by atoms with Crippen molar-refractivity contribution in [2.24, 2.45) is 0 Å². The smallest absolute Gasteiger partial charge is 0.373 e. The molecule has 2 aromatic rings. The van der Waals surface area contributed by atoms with E-state index in [4.69, 9.17) is 9.31 Å². The van der Waals surface area contributed by atoms with E-state index in [1.807, 2.05) is 0 Å². The first-order chi connectivity index (χ1) is 7.47. The Labute approximate surface area is 90.8 Å². The van der Waals surface area contributed by atoms with Crippen LogP contribution >= 0.6 is 7.60 Å². The number of rotatable bonds is 2.